The van der Waals surface area contributed by atoms with Crippen LogP contribution in [0.1, 0.15) is 74.6 Å². The molecule has 1 atom stereocenters. The lowest BCUT2D eigenvalue weighted by atomic mass is 9.94. The molecule has 146 valence electrons. The summed E-state index contributed by atoms with van der Waals surface area (Å²) >= 11 is 0. The summed E-state index contributed by atoms with van der Waals surface area (Å²) in [5, 5.41) is 4.15. The van der Waals surface area contributed by atoms with Gasteiger partial charge in [0.2, 0.25) is 5.89 Å². The van der Waals surface area contributed by atoms with Crippen LogP contribution in [0.2, 0.25) is 0 Å². The number of likely N-dealkylation sites (tertiary alicyclic amines) is 1. The maximum absolute atomic E-state index is 5.35. The lowest BCUT2D eigenvalue weighted by Crippen LogP contribution is -2.34. The molecule has 7 heteroatoms. The highest BCUT2D eigenvalue weighted by Gasteiger charge is 2.25. The van der Waals surface area contributed by atoms with Crippen LogP contribution >= 0.6 is 0 Å². The number of aromatic nitrogens is 4. The van der Waals surface area contributed by atoms with Crippen molar-refractivity contribution in [3.8, 4) is 0 Å². The lowest BCUT2D eigenvalue weighted by Gasteiger charge is -2.32. The Bertz CT molecular complexity index is 768. The molecule has 2 aromatic rings. The number of nitrogens with zero attached hydrogens (tertiary/aromatic N) is 6. The monoisotopic (exact) mass is 370 g/mol. The second-order valence-electron chi connectivity index (χ2n) is 8.17. The van der Waals surface area contributed by atoms with E-state index in [2.05, 4.69) is 44.8 Å². The highest BCUT2D eigenvalue weighted by molar-refractivity contribution is 5.41. The highest BCUT2D eigenvalue weighted by atomic mass is 16.5. The lowest BCUT2D eigenvalue weighted by molar-refractivity contribution is 0.192. The minimum absolute atomic E-state index is 0.272. The molecule has 27 heavy (non-hydrogen) atoms. The minimum Gasteiger partial charge on any atom is -0.357 e. The van der Waals surface area contributed by atoms with E-state index in [0.717, 1.165) is 56.1 Å². The summed E-state index contributed by atoms with van der Waals surface area (Å²) < 4.78 is 5.35. The van der Waals surface area contributed by atoms with Crippen molar-refractivity contribution in [2.45, 2.75) is 64.8 Å². The van der Waals surface area contributed by atoms with Gasteiger partial charge in [-0.25, -0.2) is 9.97 Å². The van der Waals surface area contributed by atoms with E-state index in [4.69, 9.17) is 9.51 Å². The first-order valence-electron chi connectivity index (χ1n) is 10.2. The summed E-state index contributed by atoms with van der Waals surface area (Å²) in [5.41, 5.74) is 1.19. The molecule has 0 bridgehead atoms. The zero-order chi connectivity index (χ0) is 18.8. The van der Waals surface area contributed by atoms with Crippen LogP contribution in [0.4, 0.5) is 5.82 Å². The van der Waals surface area contributed by atoms with Gasteiger partial charge in [0.25, 0.3) is 0 Å². The number of anilines is 1. The standard InChI is InChI=1S/C20H30N6O/c1-14(2)20-23-18(24-27-20)13-25-8-6-7-16(12-25)17-11-19(22-15(3)21-17)26-9-4-5-10-26/h11,14,16H,4-10,12-13H2,1-3H3. The molecule has 0 spiro atoms. The highest BCUT2D eigenvalue weighted by Crippen LogP contribution is 2.29. The predicted octanol–water partition coefficient (Wildman–Crippen LogP) is 3.27. The van der Waals surface area contributed by atoms with Gasteiger partial charge in [-0.3, -0.25) is 4.90 Å². The third kappa shape index (κ3) is 4.29. The Morgan fingerprint density at radius 1 is 1.11 bits per heavy atom. The van der Waals surface area contributed by atoms with Crippen molar-refractivity contribution in [3.05, 3.63) is 29.3 Å². The Hall–Kier alpha value is -2.02. The molecule has 0 radical (unpaired) electrons. The molecular weight excluding hydrogens is 340 g/mol. The summed E-state index contributed by atoms with van der Waals surface area (Å²) in [5.74, 6) is 4.21. The molecule has 0 aliphatic carbocycles. The number of piperidine rings is 1. The SMILES string of the molecule is Cc1nc(C2CCCN(Cc3noc(C(C)C)n3)C2)cc(N2CCCC2)n1. The summed E-state index contributed by atoms with van der Waals surface area (Å²) in [4.78, 5) is 18.8. The van der Waals surface area contributed by atoms with Gasteiger partial charge >= 0.3 is 0 Å². The molecule has 2 saturated heterocycles. The first kappa shape index (κ1) is 18.3. The summed E-state index contributed by atoms with van der Waals surface area (Å²) in [6.07, 6.45) is 4.87. The Labute approximate surface area is 161 Å². The number of aryl methyl sites for hydroxylation is 1. The topological polar surface area (TPSA) is 71.2 Å². The van der Waals surface area contributed by atoms with Crippen molar-refractivity contribution >= 4 is 5.82 Å². The predicted molar refractivity (Wildman–Crippen MR) is 104 cm³/mol. The molecule has 0 N–H and O–H groups in total. The van der Waals surface area contributed by atoms with Crippen LogP contribution in [-0.4, -0.2) is 51.2 Å². The van der Waals surface area contributed by atoms with Gasteiger partial charge in [-0.2, -0.15) is 4.98 Å². The Morgan fingerprint density at radius 3 is 2.67 bits per heavy atom. The minimum atomic E-state index is 0.272. The van der Waals surface area contributed by atoms with Gasteiger partial charge < -0.3 is 9.42 Å². The molecule has 2 fully saturated rings. The average Bonchev–Trinajstić information content (AvgIpc) is 3.33. The molecule has 0 saturated carbocycles. The third-order valence-electron chi connectivity index (χ3n) is 5.54. The van der Waals surface area contributed by atoms with Gasteiger partial charge in [-0.05, 0) is 39.2 Å². The van der Waals surface area contributed by atoms with Gasteiger partial charge in [0.15, 0.2) is 5.82 Å². The summed E-state index contributed by atoms with van der Waals surface area (Å²) in [7, 11) is 0. The smallest absolute Gasteiger partial charge is 0.229 e. The van der Waals surface area contributed by atoms with E-state index in [1.807, 2.05) is 6.92 Å². The van der Waals surface area contributed by atoms with Crippen molar-refractivity contribution in [2.75, 3.05) is 31.1 Å². The van der Waals surface area contributed by atoms with Gasteiger partial charge in [0, 0.05) is 37.5 Å². The second-order valence-corrected chi connectivity index (χ2v) is 8.17. The van der Waals surface area contributed by atoms with Gasteiger partial charge in [0.05, 0.1) is 12.2 Å². The molecule has 0 amide bonds. The number of rotatable bonds is 5. The average molecular weight is 371 g/mol. The van der Waals surface area contributed by atoms with Crippen LogP contribution in [0.25, 0.3) is 0 Å². The Kier molecular flexibility index (Phi) is 5.38. The van der Waals surface area contributed by atoms with Gasteiger partial charge in [0.1, 0.15) is 11.6 Å². The van der Waals surface area contributed by atoms with Crippen LogP contribution in [0.3, 0.4) is 0 Å². The van der Waals surface area contributed by atoms with E-state index in [0.29, 0.717) is 5.92 Å². The van der Waals surface area contributed by atoms with E-state index < -0.39 is 0 Å². The number of hydrogen-bond donors (Lipinski definition) is 0. The van der Waals surface area contributed by atoms with Crippen molar-refractivity contribution in [1.82, 2.24) is 25.0 Å². The zero-order valence-electron chi connectivity index (χ0n) is 16.7. The Balaban J connectivity index is 1.46. The van der Waals surface area contributed by atoms with Crippen molar-refractivity contribution in [3.63, 3.8) is 0 Å². The van der Waals surface area contributed by atoms with Crippen LogP contribution in [0.15, 0.2) is 10.6 Å². The van der Waals surface area contributed by atoms with Crippen LogP contribution in [0.5, 0.6) is 0 Å². The Morgan fingerprint density at radius 2 is 1.93 bits per heavy atom. The summed E-state index contributed by atoms with van der Waals surface area (Å²) in [6.45, 7) is 11.2. The van der Waals surface area contributed by atoms with E-state index >= 15 is 0 Å². The first-order chi connectivity index (χ1) is 13.1. The first-order valence-corrected chi connectivity index (χ1v) is 10.2. The molecule has 1 unspecified atom stereocenters. The second kappa shape index (κ2) is 7.92. The van der Waals surface area contributed by atoms with E-state index in [-0.39, 0.29) is 5.92 Å². The van der Waals surface area contributed by atoms with Crippen molar-refractivity contribution < 1.29 is 4.52 Å². The molecular formula is C20H30N6O. The largest absolute Gasteiger partial charge is 0.357 e. The fraction of sp³-hybridized carbons (Fsp3) is 0.700. The number of hydrogen-bond acceptors (Lipinski definition) is 7. The molecule has 4 heterocycles. The van der Waals surface area contributed by atoms with Crippen LogP contribution in [0, 0.1) is 6.92 Å². The molecule has 7 nitrogen and oxygen atoms in total. The normalized spacial score (nSPS) is 21.3. The van der Waals surface area contributed by atoms with Gasteiger partial charge in [-0.1, -0.05) is 19.0 Å². The molecule has 2 aliphatic rings. The molecule has 2 aromatic heterocycles. The fourth-order valence-corrected chi connectivity index (χ4v) is 4.10. The quantitative estimate of drug-likeness (QED) is 0.800. The maximum atomic E-state index is 5.35. The van der Waals surface area contributed by atoms with Crippen molar-refractivity contribution in [1.29, 1.82) is 0 Å². The van der Waals surface area contributed by atoms with Gasteiger partial charge in [-0.15, -0.1) is 0 Å². The van der Waals surface area contributed by atoms with E-state index in [9.17, 15) is 0 Å². The summed E-state index contributed by atoms with van der Waals surface area (Å²) in [6, 6.07) is 2.22. The van der Waals surface area contributed by atoms with Crippen LogP contribution < -0.4 is 4.90 Å². The van der Waals surface area contributed by atoms with E-state index in [1.54, 1.807) is 0 Å². The van der Waals surface area contributed by atoms with Crippen LogP contribution in [-0.2, 0) is 6.54 Å². The third-order valence-corrected chi connectivity index (χ3v) is 5.54. The fourth-order valence-electron chi connectivity index (χ4n) is 4.10. The van der Waals surface area contributed by atoms with E-state index in [1.165, 1.54) is 31.4 Å². The molecule has 4 rings (SSSR count). The zero-order valence-corrected chi connectivity index (χ0v) is 16.7. The molecule has 2 aliphatic heterocycles. The maximum Gasteiger partial charge on any atom is 0.229 e. The van der Waals surface area contributed by atoms with Crippen molar-refractivity contribution in [2.24, 2.45) is 0 Å². The molecule has 0 aromatic carbocycles.